The Morgan fingerprint density at radius 3 is 3.00 bits per heavy atom. The first-order chi connectivity index (χ1) is 7.13. The van der Waals surface area contributed by atoms with Crippen LogP contribution in [0.2, 0.25) is 0 Å². The van der Waals surface area contributed by atoms with Gasteiger partial charge in [-0.1, -0.05) is 11.8 Å². The summed E-state index contributed by atoms with van der Waals surface area (Å²) in [6.07, 6.45) is 1.58. The van der Waals surface area contributed by atoms with E-state index in [9.17, 15) is 4.79 Å². The molecule has 0 fully saturated rings. The fourth-order valence-electron chi connectivity index (χ4n) is 1.07. The Kier molecular flexibility index (Phi) is 4.42. The van der Waals surface area contributed by atoms with Crippen molar-refractivity contribution in [3.8, 4) is 0 Å². The zero-order valence-corrected chi connectivity index (χ0v) is 9.63. The van der Waals surface area contributed by atoms with Crippen molar-refractivity contribution >= 4 is 23.4 Å². The molecule has 4 nitrogen and oxygen atoms in total. The van der Waals surface area contributed by atoms with Gasteiger partial charge in [0.1, 0.15) is 0 Å². The quantitative estimate of drug-likeness (QED) is 0.624. The van der Waals surface area contributed by atoms with Gasteiger partial charge in [0.05, 0.1) is 29.3 Å². The molecule has 0 aromatic carbocycles. The van der Waals surface area contributed by atoms with Gasteiger partial charge in [-0.2, -0.15) is 0 Å². The molecule has 2 N–H and O–H groups in total. The number of aryl methyl sites for hydroxylation is 1. The molecule has 0 aliphatic heterocycles. The zero-order valence-electron chi connectivity index (χ0n) is 8.82. The normalized spacial score (nSPS) is 10.0. The van der Waals surface area contributed by atoms with E-state index in [1.807, 2.05) is 13.0 Å². The number of esters is 1. The van der Waals surface area contributed by atoms with Crippen molar-refractivity contribution < 1.29 is 9.53 Å². The number of carbonyl (C=O) groups excluding carboxylic acids is 1. The Morgan fingerprint density at radius 1 is 1.67 bits per heavy atom. The number of nitrogen functional groups attached to an aromatic ring is 1. The van der Waals surface area contributed by atoms with Crippen LogP contribution in [0.15, 0.2) is 17.3 Å². The number of nitrogens with zero attached hydrogens (tertiary/aromatic N) is 1. The minimum Gasteiger partial charge on any atom is -0.465 e. The van der Waals surface area contributed by atoms with E-state index in [1.54, 1.807) is 13.1 Å². The van der Waals surface area contributed by atoms with Crippen LogP contribution in [0.1, 0.15) is 12.5 Å². The van der Waals surface area contributed by atoms with Crippen molar-refractivity contribution in [2.75, 3.05) is 18.1 Å². The second kappa shape index (κ2) is 5.60. The van der Waals surface area contributed by atoms with Gasteiger partial charge in [-0.3, -0.25) is 4.79 Å². The lowest BCUT2D eigenvalue weighted by atomic mass is 10.3. The molecule has 0 aliphatic carbocycles. The maximum atomic E-state index is 11.1. The summed E-state index contributed by atoms with van der Waals surface area (Å²) < 4.78 is 4.81. The van der Waals surface area contributed by atoms with Crippen molar-refractivity contribution in [2.24, 2.45) is 0 Å². The molecule has 1 aromatic rings. The minimum atomic E-state index is -0.222. The number of carbonyl (C=O) groups is 1. The number of hydrogen-bond acceptors (Lipinski definition) is 5. The first kappa shape index (κ1) is 11.8. The number of ether oxygens (including phenoxy) is 1. The highest BCUT2D eigenvalue weighted by Crippen LogP contribution is 2.20. The van der Waals surface area contributed by atoms with Gasteiger partial charge in [-0.25, -0.2) is 4.98 Å². The van der Waals surface area contributed by atoms with Crippen LogP contribution in [0.5, 0.6) is 0 Å². The van der Waals surface area contributed by atoms with Crippen LogP contribution in [0.3, 0.4) is 0 Å². The second-order valence-corrected chi connectivity index (χ2v) is 3.95. The van der Waals surface area contributed by atoms with Gasteiger partial charge in [0.15, 0.2) is 0 Å². The molecule has 0 saturated carbocycles. The van der Waals surface area contributed by atoms with Crippen LogP contribution in [0, 0.1) is 6.92 Å². The lowest BCUT2D eigenvalue weighted by molar-refractivity contribution is -0.139. The van der Waals surface area contributed by atoms with Gasteiger partial charge in [0, 0.05) is 0 Å². The average Bonchev–Trinajstić information content (AvgIpc) is 2.17. The summed E-state index contributed by atoms with van der Waals surface area (Å²) in [7, 11) is 0. The van der Waals surface area contributed by atoms with Gasteiger partial charge in [-0.15, -0.1) is 0 Å². The summed E-state index contributed by atoms with van der Waals surface area (Å²) in [4.78, 5) is 15.2. The van der Waals surface area contributed by atoms with Crippen LogP contribution in [-0.4, -0.2) is 23.3 Å². The number of nitrogens with two attached hydrogens (primary N) is 1. The number of hydrogen-bond donors (Lipinski definition) is 1. The highest BCUT2D eigenvalue weighted by Gasteiger charge is 2.06. The SMILES string of the molecule is CCOC(=O)CSc1ncc(N)cc1C. The number of pyridine rings is 1. The van der Waals surface area contributed by atoms with Crippen LogP contribution in [0.4, 0.5) is 5.69 Å². The van der Waals surface area contributed by atoms with E-state index in [0.717, 1.165) is 10.6 Å². The Bertz CT molecular complexity index is 355. The van der Waals surface area contributed by atoms with Crippen molar-refractivity contribution in [1.29, 1.82) is 0 Å². The van der Waals surface area contributed by atoms with E-state index >= 15 is 0 Å². The first-order valence-corrected chi connectivity index (χ1v) is 5.62. The van der Waals surface area contributed by atoms with E-state index in [1.165, 1.54) is 11.8 Å². The smallest absolute Gasteiger partial charge is 0.316 e. The lowest BCUT2D eigenvalue weighted by Crippen LogP contribution is -2.07. The molecule has 0 saturated heterocycles. The van der Waals surface area contributed by atoms with Crippen LogP contribution < -0.4 is 5.73 Å². The monoisotopic (exact) mass is 226 g/mol. The average molecular weight is 226 g/mol. The fraction of sp³-hybridized carbons (Fsp3) is 0.400. The highest BCUT2D eigenvalue weighted by molar-refractivity contribution is 7.99. The molecule has 0 bridgehead atoms. The van der Waals surface area contributed by atoms with E-state index in [2.05, 4.69) is 4.98 Å². The summed E-state index contributed by atoms with van der Waals surface area (Å²) in [6.45, 7) is 4.11. The third-order valence-electron chi connectivity index (χ3n) is 1.68. The van der Waals surface area contributed by atoms with E-state index < -0.39 is 0 Å². The minimum absolute atomic E-state index is 0.222. The molecule has 15 heavy (non-hydrogen) atoms. The van der Waals surface area contributed by atoms with Crippen LogP contribution in [-0.2, 0) is 9.53 Å². The maximum absolute atomic E-state index is 11.1. The summed E-state index contributed by atoms with van der Waals surface area (Å²) >= 11 is 1.36. The Hall–Kier alpha value is -1.23. The fourth-order valence-corrected chi connectivity index (χ4v) is 1.82. The van der Waals surface area contributed by atoms with Crippen LogP contribution in [0.25, 0.3) is 0 Å². The van der Waals surface area contributed by atoms with Crippen molar-refractivity contribution in [3.05, 3.63) is 17.8 Å². The van der Waals surface area contributed by atoms with Crippen molar-refractivity contribution in [1.82, 2.24) is 4.98 Å². The largest absolute Gasteiger partial charge is 0.465 e. The molecule has 1 rings (SSSR count). The molecule has 0 radical (unpaired) electrons. The van der Waals surface area contributed by atoms with Crippen LogP contribution >= 0.6 is 11.8 Å². The standard InChI is InChI=1S/C10H14N2O2S/c1-3-14-9(13)6-15-10-7(2)4-8(11)5-12-10/h4-5H,3,6,11H2,1-2H3. The second-order valence-electron chi connectivity index (χ2n) is 2.98. The molecule has 0 amide bonds. The number of rotatable bonds is 4. The summed E-state index contributed by atoms with van der Waals surface area (Å²) in [5.41, 5.74) is 7.18. The molecular weight excluding hydrogens is 212 g/mol. The lowest BCUT2D eigenvalue weighted by Gasteiger charge is -2.04. The third kappa shape index (κ3) is 3.79. The summed E-state index contributed by atoms with van der Waals surface area (Å²) in [6, 6.07) is 1.83. The molecule has 82 valence electrons. The number of anilines is 1. The van der Waals surface area contributed by atoms with E-state index in [4.69, 9.17) is 10.5 Å². The third-order valence-corrected chi connectivity index (χ3v) is 2.76. The van der Waals surface area contributed by atoms with E-state index in [-0.39, 0.29) is 11.7 Å². The highest BCUT2D eigenvalue weighted by atomic mass is 32.2. The molecule has 0 atom stereocenters. The Balaban J connectivity index is 2.54. The van der Waals surface area contributed by atoms with Gasteiger partial charge < -0.3 is 10.5 Å². The predicted molar refractivity (Wildman–Crippen MR) is 60.7 cm³/mol. The molecule has 0 spiro atoms. The zero-order chi connectivity index (χ0) is 11.3. The molecule has 0 aliphatic rings. The first-order valence-electron chi connectivity index (χ1n) is 4.64. The molecule has 1 aromatic heterocycles. The number of aromatic nitrogens is 1. The van der Waals surface area contributed by atoms with Crippen molar-refractivity contribution in [2.45, 2.75) is 18.9 Å². The van der Waals surface area contributed by atoms with Gasteiger partial charge in [-0.05, 0) is 25.5 Å². The van der Waals surface area contributed by atoms with Gasteiger partial charge in [0.25, 0.3) is 0 Å². The maximum Gasteiger partial charge on any atom is 0.316 e. The Labute approximate surface area is 93.2 Å². The topological polar surface area (TPSA) is 65.2 Å². The molecule has 5 heteroatoms. The number of thioether (sulfide) groups is 1. The van der Waals surface area contributed by atoms with Crippen molar-refractivity contribution in [3.63, 3.8) is 0 Å². The molecular formula is C10H14N2O2S. The summed E-state index contributed by atoms with van der Waals surface area (Å²) in [5.74, 6) is 0.0616. The summed E-state index contributed by atoms with van der Waals surface area (Å²) in [5, 5.41) is 0.817. The molecule has 1 heterocycles. The molecule has 0 unspecified atom stereocenters. The predicted octanol–water partition coefficient (Wildman–Crippen LogP) is 1.63. The van der Waals surface area contributed by atoms with E-state index in [0.29, 0.717) is 12.3 Å². The van der Waals surface area contributed by atoms with Gasteiger partial charge >= 0.3 is 5.97 Å². The van der Waals surface area contributed by atoms with Gasteiger partial charge in [0.2, 0.25) is 0 Å². The Morgan fingerprint density at radius 2 is 2.40 bits per heavy atom.